The lowest BCUT2D eigenvalue weighted by molar-refractivity contribution is 0.425. The van der Waals surface area contributed by atoms with Crippen molar-refractivity contribution < 1.29 is 10.0 Å². The van der Waals surface area contributed by atoms with Gasteiger partial charge in [-0.15, -0.1) is 0 Å². The highest BCUT2D eigenvalue weighted by Gasteiger charge is 2.18. The van der Waals surface area contributed by atoms with Gasteiger partial charge in [0.15, 0.2) is 0 Å². The summed E-state index contributed by atoms with van der Waals surface area (Å²) >= 11 is 0. The Balaban J connectivity index is 1.70. The van der Waals surface area contributed by atoms with Gasteiger partial charge in [-0.3, -0.25) is 0 Å². The normalized spacial score (nSPS) is 10.7. The monoisotopic (exact) mass is 393 g/mol. The number of anilines is 1. The molecule has 0 saturated heterocycles. The third-order valence-corrected chi connectivity index (χ3v) is 5.38. The molecule has 30 heavy (non-hydrogen) atoms. The van der Waals surface area contributed by atoms with Crippen LogP contribution in [0.25, 0.3) is 16.8 Å². The van der Waals surface area contributed by atoms with E-state index in [1.54, 1.807) is 6.07 Å². The molecule has 0 aliphatic carbocycles. The van der Waals surface area contributed by atoms with E-state index in [0.29, 0.717) is 18.6 Å². The number of fused-ring (bicyclic) bond motifs is 1. The first-order valence-corrected chi connectivity index (χ1v) is 10.0. The second-order valence-corrected chi connectivity index (χ2v) is 7.41. The molecular formula is C26H24BNO2. The van der Waals surface area contributed by atoms with Crippen LogP contribution in [0.2, 0.25) is 0 Å². The number of hydrogen-bond acceptors (Lipinski definition) is 3. The second-order valence-electron chi connectivity index (χ2n) is 7.41. The Labute approximate surface area is 177 Å². The van der Waals surface area contributed by atoms with Crippen LogP contribution in [-0.2, 0) is 13.1 Å². The van der Waals surface area contributed by atoms with Gasteiger partial charge < -0.3 is 14.9 Å². The SMILES string of the molecule is C=Cc1ccc(N(Cc2ccc3ccccc3c2)Cc2ccccc2B(O)O)cc1. The van der Waals surface area contributed by atoms with E-state index in [0.717, 1.165) is 16.8 Å². The minimum atomic E-state index is -1.49. The fourth-order valence-electron chi connectivity index (χ4n) is 3.75. The molecule has 0 aliphatic rings. The zero-order valence-corrected chi connectivity index (χ0v) is 16.8. The summed E-state index contributed by atoms with van der Waals surface area (Å²) in [7, 11) is -1.49. The summed E-state index contributed by atoms with van der Waals surface area (Å²) in [5.41, 5.74) is 4.75. The van der Waals surface area contributed by atoms with Gasteiger partial charge in [0.1, 0.15) is 0 Å². The summed E-state index contributed by atoms with van der Waals surface area (Å²) in [5.74, 6) is 0. The van der Waals surface area contributed by atoms with Gasteiger partial charge in [-0.25, -0.2) is 0 Å². The van der Waals surface area contributed by atoms with Gasteiger partial charge in [0, 0.05) is 18.8 Å². The molecule has 4 aromatic rings. The maximum Gasteiger partial charge on any atom is 0.488 e. The molecule has 4 heteroatoms. The van der Waals surface area contributed by atoms with Crippen molar-refractivity contribution in [3.8, 4) is 0 Å². The lowest BCUT2D eigenvalue weighted by atomic mass is 9.77. The first kappa shape index (κ1) is 20.0. The van der Waals surface area contributed by atoms with E-state index in [9.17, 15) is 10.0 Å². The smallest absolute Gasteiger partial charge is 0.423 e. The Morgan fingerprint density at radius 1 is 0.767 bits per heavy atom. The fraction of sp³-hybridized carbons (Fsp3) is 0.0769. The summed E-state index contributed by atoms with van der Waals surface area (Å²) < 4.78 is 0. The van der Waals surface area contributed by atoms with E-state index < -0.39 is 7.12 Å². The van der Waals surface area contributed by atoms with E-state index >= 15 is 0 Å². The quantitative estimate of drug-likeness (QED) is 0.459. The first-order chi connectivity index (χ1) is 14.6. The van der Waals surface area contributed by atoms with Gasteiger partial charge in [0.25, 0.3) is 0 Å². The number of hydrogen-bond donors (Lipinski definition) is 2. The van der Waals surface area contributed by atoms with Gasteiger partial charge >= 0.3 is 7.12 Å². The maximum atomic E-state index is 9.79. The lowest BCUT2D eigenvalue weighted by Gasteiger charge is -2.27. The molecule has 0 bridgehead atoms. The van der Waals surface area contributed by atoms with Gasteiger partial charge in [0.05, 0.1) is 0 Å². The molecule has 4 aromatic carbocycles. The summed E-state index contributed by atoms with van der Waals surface area (Å²) in [6.07, 6.45) is 1.83. The molecule has 0 atom stereocenters. The Hall–Kier alpha value is -3.34. The predicted octanol–water partition coefficient (Wildman–Crippen LogP) is 4.37. The van der Waals surface area contributed by atoms with Gasteiger partial charge in [-0.2, -0.15) is 0 Å². The Bertz CT molecular complexity index is 1160. The van der Waals surface area contributed by atoms with Crippen LogP contribution in [0, 0.1) is 0 Å². The van der Waals surface area contributed by atoms with Crippen molar-refractivity contribution in [2.24, 2.45) is 0 Å². The molecule has 0 unspecified atom stereocenters. The van der Waals surface area contributed by atoms with Crippen molar-refractivity contribution in [3.05, 3.63) is 114 Å². The van der Waals surface area contributed by atoms with Gasteiger partial charge in [-0.1, -0.05) is 85.5 Å². The Morgan fingerprint density at radius 3 is 2.20 bits per heavy atom. The van der Waals surface area contributed by atoms with Crippen LogP contribution in [0.5, 0.6) is 0 Å². The van der Waals surface area contributed by atoms with Crippen LogP contribution < -0.4 is 10.4 Å². The van der Waals surface area contributed by atoms with Crippen LogP contribution in [0.1, 0.15) is 16.7 Å². The summed E-state index contributed by atoms with van der Waals surface area (Å²) in [6, 6.07) is 30.6. The van der Waals surface area contributed by atoms with Gasteiger partial charge in [0.2, 0.25) is 0 Å². The second kappa shape index (κ2) is 8.99. The molecule has 0 spiro atoms. The molecule has 2 N–H and O–H groups in total. The van der Waals surface area contributed by atoms with Crippen LogP contribution >= 0.6 is 0 Å². The average Bonchev–Trinajstić information content (AvgIpc) is 2.79. The molecule has 0 aromatic heterocycles. The van der Waals surface area contributed by atoms with E-state index in [4.69, 9.17) is 0 Å². The highest BCUT2D eigenvalue weighted by Crippen LogP contribution is 2.23. The third-order valence-electron chi connectivity index (χ3n) is 5.38. The highest BCUT2D eigenvalue weighted by atomic mass is 16.4. The first-order valence-electron chi connectivity index (χ1n) is 10.0. The standard InChI is InChI=1S/C26H24BNO2/c1-2-20-12-15-25(16-13-20)28(19-24-9-5-6-10-26(24)27(29)30)18-21-11-14-22-7-3-4-8-23(22)17-21/h2-17,29-30H,1,18-19H2. The molecule has 0 fully saturated rings. The number of rotatable bonds is 7. The fourth-order valence-corrected chi connectivity index (χ4v) is 3.75. The van der Waals surface area contributed by atoms with Crippen molar-refractivity contribution in [1.82, 2.24) is 0 Å². The molecule has 0 aliphatic heterocycles. The van der Waals surface area contributed by atoms with Crippen molar-refractivity contribution in [1.29, 1.82) is 0 Å². The largest absolute Gasteiger partial charge is 0.488 e. The van der Waals surface area contributed by atoms with Gasteiger partial charge in [-0.05, 0) is 51.1 Å². The van der Waals surface area contributed by atoms with Crippen LogP contribution in [0.15, 0.2) is 97.6 Å². The van der Waals surface area contributed by atoms with Crippen LogP contribution in [0.3, 0.4) is 0 Å². The van der Waals surface area contributed by atoms with Crippen molar-refractivity contribution in [2.75, 3.05) is 4.90 Å². The molecule has 4 rings (SSSR count). The molecule has 0 saturated carbocycles. The maximum absolute atomic E-state index is 9.79. The summed E-state index contributed by atoms with van der Waals surface area (Å²) in [4.78, 5) is 2.25. The summed E-state index contributed by atoms with van der Waals surface area (Å²) in [5, 5.41) is 22.0. The number of benzene rings is 4. The van der Waals surface area contributed by atoms with E-state index in [1.165, 1.54) is 16.3 Å². The minimum absolute atomic E-state index is 0.531. The molecule has 0 amide bonds. The zero-order valence-electron chi connectivity index (χ0n) is 16.8. The van der Waals surface area contributed by atoms with E-state index in [-0.39, 0.29) is 0 Å². The van der Waals surface area contributed by atoms with Crippen LogP contribution in [-0.4, -0.2) is 17.2 Å². The van der Waals surface area contributed by atoms with Crippen molar-refractivity contribution in [3.63, 3.8) is 0 Å². The molecule has 0 radical (unpaired) electrons. The molecule has 148 valence electrons. The average molecular weight is 393 g/mol. The minimum Gasteiger partial charge on any atom is -0.423 e. The van der Waals surface area contributed by atoms with Crippen molar-refractivity contribution >= 4 is 35.1 Å². The lowest BCUT2D eigenvalue weighted by Crippen LogP contribution is -2.35. The Kier molecular flexibility index (Phi) is 5.98. The predicted molar refractivity (Wildman–Crippen MR) is 127 cm³/mol. The summed E-state index contributed by atoms with van der Waals surface area (Å²) in [6.45, 7) is 5.10. The Morgan fingerprint density at radius 2 is 1.47 bits per heavy atom. The van der Waals surface area contributed by atoms with Crippen molar-refractivity contribution in [2.45, 2.75) is 13.1 Å². The topological polar surface area (TPSA) is 43.7 Å². The molecular weight excluding hydrogens is 369 g/mol. The molecule has 3 nitrogen and oxygen atoms in total. The van der Waals surface area contributed by atoms with E-state index in [2.05, 4.69) is 60.0 Å². The highest BCUT2D eigenvalue weighted by molar-refractivity contribution is 6.59. The third kappa shape index (κ3) is 4.46. The van der Waals surface area contributed by atoms with E-state index in [1.807, 2.05) is 42.5 Å². The molecule has 0 heterocycles. The number of nitrogens with zero attached hydrogens (tertiary/aromatic N) is 1. The zero-order chi connectivity index (χ0) is 20.9. The van der Waals surface area contributed by atoms with Crippen LogP contribution in [0.4, 0.5) is 5.69 Å².